The highest BCUT2D eigenvalue weighted by Gasteiger charge is 2.10. The molecule has 2 aromatic rings. The van der Waals surface area contributed by atoms with Crippen LogP contribution in [0.2, 0.25) is 0 Å². The van der Waals surface area contributed by atoms with E-state index in [1.54, 1.807) is 6.07 Å². The van der Waals surface area contributed by atoms with Gasteiger partial charge in [0.2, 0.25) is 0 Å². The molecule has 0 fully saturated rings. The third kappa shape index (κ3) is 1.66. The summed E-state index contributed by atoms with van der Waals surface area (Å²) in [4.78, 5) is 0. The van der Waals surface area contributed by atoms with Crippen LogP contribution < -0.4 is 0 Å². The second kappa shape index (κ2) is 3.86. The van der Waals surface area contributed by atoms with E-state index in [9.17, 15) is 5.11 Å². The Hall–Kier alpha value is -1.62. The third-order valence-electron chi connectivity index (χ3n) is 2.01. The Labute approximate surface area is 94.0 Å². The molecule has 4 nitrogen and oxygen atoms in total. The van der Waals surface area contributed by atoms with Crippen molar-refractivity contribution in [1.82, 2.24) is 10.2 Å². The van der Waals surface area contributed by atoms with Crippen LogP contribution in [0.5, 0.6) is 0 Å². The second-order valence-electron chi connectivity index (χ2n) is 2.90. The summed E-state index contributed by atoms with van der Waals surface area (Å²) in [5, 5.41) is 27.3. The van der Waals surface area contributed by atoms with Gasteiger partial charge >= 0.3 is 0 Å². The second-order valence-corrected chi connectivity index (χ2v) is 3.65. The first kappa shape index (κ1) is 9.92. The first-order chi connectivity index (χ1) is 7.24. The molecule has 0 aliphatic carbocycles. The minimum absolute atomic E-state index is 0.260. The van der Waals surface area contributed by atoms with Gasteiger partial charge in [0.25, 0.3) is 0 Å². The van der Waals surface area contributed by atoms with E-state index in [0.29, 0.717) is 10.9 Å². The van der Waals surface area contributed by atoms with Crippen LogP contribution in [-0.4, -0.2) is 20.4 Å². The maximum Gasteiger partial charge on any atom is 0.178 e. The molecule has 15 heavy (non-hydrogen) atoms. The molecule has 5 heteroatoms. The van der Waals surface area contributed by atoms with Crippen LogP contribution >= 0.6 is 15.9 Å². The van der Waals surface area contributed by atoms with Gasteiger partial charge in [-0.2, -0.15) is 0 Å². The molecule has 1 heterocycles. The molecular formula is C10H7BrN2O2. The molecule has 0 bridgehead atoms. The topological polar surface area (TPSA) is 66.2 Å². The quantitative estimate of drug-likeness (QED) is 0.779. The number of benzene rings is 1. The van der Waals surface area contributed by atoms with Crippen molar-refractivity contribution in [2.45, 2.75) is 0 Å². The van der Waals surface area contributed by atoms with Gasteiger partial charge in [0, 0.05) is 10.8 Å². The van der Waals surface area contributed by atoms with Crippen LogP contribution in [0, 0.1) is 0 Å². The first-order valence-electron chi connectivity index (χ1n) is 4.18. The highest BCUT2D eigenvalue weighted by Crippen LogP contribution is 2.25. The predicted molar refractivity (Wildman–Crippen MR) is 60.5 cm³/mol. The van der Waals surface area contributed by atoms with Crippen LogP contribution in [0.1, 0.15) is 5.69 Å². The highest BCUT2D eigenvalue weighted by atomic mass is 79.9. The molecule has 0 saturated carbocycles. The minimum Gasteiger partial charge on any atom is -0.512 e. The fourth-order valence-corrected chi connectivity index (χ4v) is 1.75. The van der Waals surface area contributed by atoms with Crippen molar-refractivity contribution in [2.24, 2.45) is 0 Å². The number of hydrogen-bond donors (Lipinski definition) is 2. The lowest BCUT2D eigenvalue weighted by molar-refractivity contribution is 0.430. The number of aliphatic hydroxyl groups is 2. The number of hydrogen-bond acceptors (Lipinski definition) is 4. The molecule has 0 aliphatic rings. The van der Waals surface area contributed by atoms with E-state index in [0.717, 1.165) is 10.8 Å². The SMILES string of the molecule is OC=C(O)c1nnc(Br)c2ccccc12. The Morgan fingerprint density at radius 2 is 1.87 bits per heavy atom. The van der Waals surface area contributed by atoms with Gasteiger partial charge in [0.1, 0.15) is 16.6 Å². The van der Waals surface area contributed by atoms with E-state index in [1.165, 1.54) is 0 Å². The van der Waals surface area contributed by atoms with Crippen LogP contribution in [0.3, 0.4) is 0 Å². The Balaban J connectivity index is 2.83. The van der Waals surface area contributed by atoms with Crippen LogP contribution in [-0.2, 0) is 0 Å². The van der Waals surface area contributed by atoms with Gasteiger partial charge in [-0.05, 0) is 15.9 Å². The fourth-order valence-electron chi connectivity index (χ4n) is 1.32. The number of aromatic nitrogens is 2. The standard InChI is InChI=1S/C10H7BrN2O2/c11-10-7-4-2-1-3-6(7)9(12-13-10)8(15)5-14/h1-5,14-15H. The van der Waals surface area contributed by atoms with Gasteiger partial charge in [0.15, 0.2) is 5.76 Å². The van der Waals surface area contributed by atoms with Crippen molar-refractivity contribution in [3.05, 3.63) is 40.8 Å². The fraction of sp³-hybridized carbons (Fsp3) is 0. The van der Waals surface area contributed by atoms with Crippen molar-refractivity contribution in [3.8, 4) is 0 Å². The summed E-state index contributed by atoms with van der Waals surface area (Å²) in [5.74, 6) is -0.300. The molecule has 0 spiro atoms. The molecule has 0 atom stereocenters. The number of rotatable bonds is 1. The summed E-state index contributed by atoms with van der Waals surface area (Å²) in [5.41, 5.74) is 0.260. The molecule has 1 aromatic carbocycles. The Kier molecular flexibility index (Phi) is 2.55. The van der Waals surface area contributed by atoms with Gasteiger partial charge in [-0.25, -0.2) is 0 Å². The normalized spacial score (nSPS) is 11.9. The van der Waals surface area contributed by atoms with E-state index in [-0.39, 0.29) is 11.5 Å². The van der Waals surface area contributed by atoms with E-state index in [4.69, 9.17) is 5.11 Å². The van der Waals surface area contributed by atoms with Crippen molar-refractivity contribution < 1.29 is 10.2 Å². The largest absolute Gasteiger partial charge is 0.512 e. The maximum atomic E-state index is 9.41. The van der Waals surface area contributed by atoms with Gasteiger partial charge in [-0.1, -0.05) is 24.3 Å². The van der Waals surface area contributed by atoms with Gasteiger partial charge in [0.05, 0.1) is 0 Å². The van der Waals surface area contributed by atoms with Crippen molar-refractivity contribution in [3.63, 3.8) is 0 Å². The van der Waals surface area contributed by atoms with Crippen LogP contribution in [0.4, 0.5) is 0 Å². The van der Waals surface area contributed by atoms with Crippen LogP contribution in [0.15, 0.2) is 35.1 Å². The summed E-state index contributed by atoms with van der Waals surface area (Å²) >= 11 is 3.26. The summed E-state index contributed by atoms with van der Waals surface area (Å²) < 4.78 is 0.604. The average Bonchev–Trinajstić information content (AvgIpc) is 2.29. The molecule has 0 unspecified atom stereocenters. The predicted octanol–water partition coefficient (Wildman–Crippen LogP) is 2.81. The summed E-state index contributed by atoms with van der Waals surface area (Å²) in [6, 6.07) is 7.33. The average molecular weight is 267 g/mol. The van der Waals surface area contributed by atoms with Gasteiger partial charge in [-0.15, -0.1) is 10.2 Å². The Bertz CT molecular complexity index is 540. The first-order valence-corrected chi connectivity index (χ1v) is 4.98. The maximum absolute atomic E-state index is 9.41. The number of halogens is 1. The molecule has 76 valence electrons. The lowest BCUT2D eigenvalue weighted by atomic mass is 10.1. The Morgan fingerprint density at radius 3 is 2.53 bits per heavy atom. The lowest BCUT2D eigenvalue weighted by Crippen LogP contribution is -1.95. The molecule has 0 amide bonds. The molecule has 0 radical (unpaired) electrons. The lowest BCUT2D eigenvalue weighted by Gasteiger charge is -2.03. The zero-order valence-electron chi connectivity index (χ0n) is 7.55. The zero-order chi connectivity index (χ0) is 10.8. The zero-order valence-corrected chi connectivity index (χ0v) is 9.14. The molecule has 0 saturated heterocycles. The van der Waals surface area contributed by atoms with Gasteiger partial charge < -0.3 is 10.2 Å². The number of fused-ring (bicyclic) bond motifs is 1. The molecule has 2 rings (SSSR count). The molecule has 1 aromatic heterocycles. The van der Waals surface area contributed by atoms with Crippen LogP contribution in [0.25, 0.3) is 16.5 Å². The van der Waals surface area contributed by atoms with Crippen molar-refractivity contribution in [2.75, 3.05) is 0 Å². The number of nitrogens with zero attached hydrogens (tertiary/aromatic N) is 2. The Morgan fingerprint density at radius 1 is 1.20 bits per heavy atom. The minimum atomic E-state index is -0.300. The van der Waals surface area contributed by atoms with E-state index >= 15 is 0 Å². The summed E-state index contributed by atoms with van der Waals surface area (Å²) in [6.07, 6.45) is 0.602. The van der Waals surface area contributed by atoms with Crippen molar-refractivity contribution in [1.29, 1.82) is 0 Å². The van der Waals surface area contributed by atoms with Crippen molar-refractivity contribution >= 4 is 32.5 Å². The molecular weight excluding hydrogens is 260 g/mol. The van der Waals surface area contributed by atoms with E-state index in [2.05, 4.69) is 26.1 Å². The highest BCUT2D eigenvalue weighted by molar-refractivity contribution is 9.10. The summed E-state index contributed by atoms with van der Waals surface area (Å²) in [7, 11) is 0. The van der Waals surface area contributed by atoms with E-state index < -0.39 is 0 Å². The summed E-state index contributed by atoms with van der Waals surface area (Å²) in [6.45, 7) is 0. The van der Waals surface area contributed by atoms with Gasteiger partial charge in [-0.3, -0.25) is 0 Å². The molecule has 2 N–H and O–H groups in total. The molecule has 0 aliphatic heterocycles. The monoisotopic (exact) mass is 266 g/mol. The third-order valence-corrected chi connectivity index (χ3v) is 2.59. The smallest absolute Gasteiger partial charge is 0.178 e. The number of aliphatic hydroxyl groups excluding tert-OH is 2. The van der Waals surface area contributed by atoms with E-state index in [1.807, 2.05) is 18.2 Å².